The lowest BCUT2D eigenvalue weighted by molar-refractivity contribution is -0.153. The number of nitrogens with zero attached hydrogens (tertiary/aromatic N) is 2. The first-order valence-electron chi connectivity index (χ1n) is 26.8. The molecule has 0 saturated heterocycles. The Bertz CT molecular complexity index is 3560. The van der Waals surface area contributed by atoms with Crippen LogP contribution in [0.15, 0.2) is 159 Å². The molecule has 18 nitrogen and oxygen atoms in total. The number of thiazole rings is 2. The molecule has 8 aromatic rings. The molecule has 10 rings (SSSR count). The molecule has 2 heterocycles. The summed E-state index contributed by atoms with van der Waals surface area (Å²) < 4.78 is 45.8. The Kier molecular flexibility index (Phi) is 18.2. The van der Waals surface area contributed by atoms with Gasteiger partial charge in [0.15, 0.2) is 21.5 Å². The molecule has 0 aliphatic heterocycles. The van der Waals surface area contributed by atoms with Crippen molar-refractivity contribution in [1.82, 2.24) is 9.97 Å². The van der Waals surface area contributed by atoms with Crippen molar-refractivity contribution in [3.05, 3.63) is 181 Å². The zero-order valence-electron chi connectivity index (χ0n) is 44.9. The number of esters is 8. The smallest absolute Gasteiger partial charge is 0.343 e. The molecule has 0 radical (unpaired) electrons. The van der Waals surface area contributed by atoms with Gasteiger partial charge in [0.1, 0.15) is 46.4 Å². The monoisotopic (exact) mass is 1170 g/mol. The van der Waals surface area contributed by atoms with Crippen LogP contribution in [0.1, 0.15) is 83.2 Å². The number of benzene rings is 6. The molecule has 6 aromatic carbocycles. The molecule has 0 unspecified atom stereocenters. The molecule has 2 aliphatic rings. The Labute approximate surface area is 488 Å². The van der Waals surface area contributed by atoms with Gasteiger partial charge in [-0.15, -0.1) is 22.7 Å². The van der Waals surface area contributed by atoms with Gasteiger partial charge in [0, 0.05) is 12.2 Å². The maximum Gasteiger partial charge on any atom is 0.343 e. The SMILES string of the molecule is C=CC(=O)Oc1ccc(OC(=O)C2CCC(C(=O)OCc3ccc(C(=O)Oc4ccc(OC(=O)c5ccc(COC(=O)C6CCC(C(=O)Oc7ccc(OC(=O)C=C)cc7)CC6)cc5)c5sc(-c6nc7ccccc7s6)nc45)cc3)CC2)cc1. The summed E-state index contributed by atoms with van der Waals surface area (Å²) in [7, 11) is 0. The van der Waals surface area contributed by atoms with E-state index in [4.69, 9.17) is 47.9 Å². The predicted octanol–water partition coefficient (Wildman–Crippen LogP) is 12.1. The van der Waals surface area contributed by atoms with Gasteiger partial charge in [-0.05, 0) is 160 Å². The normalized spacial score (nSPS) is 16.5. The van der Waals surface area contributed by atoms with Crippen molar-refractivity contribution in [2.75, 3.05) is 0 Å². The average Bonchev–Trinajstić information content (AvgIpc) is 3.18. The highest BCUT2D eigenvalue weighted by atomic mass is 32.1. The summed E-state index contributed by atoms with van der Waals surface area (Å²) in [5.41, 5.74) is 2.77. The molecular formula is C64H52N2O16S2. The van der Waals surface area contributed by atoms with Crippen molar-refractivity contribution in [1.29, 1.82) is 0 Å². The summed E-state index contributed by atoms with van der Waals surface area (Å²) in [6, 6.07) is 35.7. The number of rotatable bonds is 19. The van der Waals surface area contributed by atoms with Crippen LogP contribution in [0.4, 0.5) is 0 Å². The van der Waals surface area contributed by atoms with Crippen molar-refractivity contribution in [3.8, 4) is 44.5 Å². The van der Waals surface area contributed by atoms with E-state index in [2.05, 4.69) is 13.2 Å². The van der Waals surface area contributed by atoms with Gasteiger partial charge in [-0.3, -0.25) is 19.2 Å². The van der Waals surface area contributed by atoms with E-state index in [1.54, 1.807) is 48.5 Å². The zero-order chi connectivity index (χ0) is 58.7. The molecule has 2 aromatic heterocycles. The van der Waals surface area contributed by atoms with Gasteiger partial charge in [0.25, 0.3) is 0 Å². The average molecular weight is 1170 g/mol. The molecule has 0 N–H and O–H groups in total. The van der Waals surface area contributed by atoms with Crippen molar-refractivity contribution >= 4 is 90.9 Å². The first-order chi connectivity index (χ1) is 40.7. The summed E-state index contributed by atoms with van der Waals surface area (Å²) in [4.78, 5) is 112. The summed E-state index contributed by atoms with van der Waals surface area (Å²) in [5, 5.41) is 1.13. The largest absolute Gasteiger partial charge is 0.461 e. The van der Waals surface area contributed by atoms with Crippen molar-refractivity contribution in [2.24, 2.45) is 23.7 Å². The number of fused-ring (bicyclic) bond motifs is 2. The Morgan fingerprint density at radius 3 is 1.26 bits per heavy atom. The van der Waals surface area contributed by atoms with Crippen LogP contribution in [0.5, 0.6) is 34.5 Å². The van der Waals surface area contributed by atoms with E-state index in [1.807, 2.05) is 24.3 Å². The fourth-order valence-electron chi connectivity index (χ4n) is 9.51. The molecule has 2 fully saturated rings. The van der Waals surface area contributed by atoms with Gasteiger partial charge in [-0.2, -0.15) is 0 Å². The predicted molar refractivity (Wildman–Crippen MR) is 307 cm³/mol. The number of para-hydroxylation sites is 1. The molecule has 0 amide bonds. The molecule has 2 aliphatic carbocycles. The van der Waals surface area contributed by atoms with Gasteiger partial charge in [0.2, 0.25) is 0 Å². The summed E-state index contributed by atoms with van der Waals surface area (Å²) in [6.45, 7) is 6.66. The van der Waals surface area contributed by atoms with Crippen molar-refractivity contribution < 1.29 is 76.3 Å². The molecule has 426 valence electrons. The Morgan fingerprint density at radius 1 is 0.429 bits per heavy atom. The van der Waals surface area contributed by atoms with Crippen LogP contribution < -0.4 is 28.4 Å². The van der Waals surface area contributed by atoms with E-state index in [9.17, 15) is 38.4 Å². The van der Waals surface area contributed by atoms with Crippen LogP contribution in [-0.2, 0) is 51.5 Å². The number of ether oxygens (including phenoxy) is 8. The Hall–Kier alpha value is -9.66. The minimum Gasteiger partial charge on any atom is -0.461 e. The van der Waals surface area contributed by atoms with Crippen LogP contribution in [-0.4, -0.2) is 57.7 Å². The highest BCUT2D eigenvalue weighted by Gasteiger charge is 2.34. The lowest BCUT2D eigenvalue weighted by Crippen LogP contribution is -2.29. The van der Waals surface area contributed by atoms with E-state index in [0.717, 1.165) is 22.4 Å². The maximum atomic E-state index is 13.7. The number of hydrogen-bond acceptors (Lipinski definition) is 20. The number of hydrogen-bond donors (Lipinski definition) is 0. The Morgan fingerprint density at radius 2 is 0.821 bits per heavy atom. The van der Waals surface area contributed by atoms with Gasteiger partial charge < -0.3 is 37.9 Å². The molecule has 0 spiro atoms. The second-order valence-corrected chi connectivity index (χ2v) is 21.8. The number of aromatic nitrogens is 2. The molecule has 2 saturated carbocycles. The molecule has 0 bridgehead atoms. The second kappa shape index (κ2) is 26.5. The minimum absolute atomic E-state index is 0.0325. The van der Waals surface area contributed by atoms with E-state index in [1.165, 1.54) is 83.3 Å². The van der Waals surface area contributed by atoms with E-state index in [-0.39, 0.29) is 82.5 Å². The van der Waals surface area contributed by atoms with Crippen molar-refractivity contribution in [3.63, 3.8) is 0 Å². The quantitative estimate of drug-likeness (QED) is 0.0415. The first kappa shape index (κ1) is 57.6. The fraction of sp³-hybridized carbons (Fsp3) is 0.219. The van der Waals surface area contributed by atoms with Crippen LogP contribution in [0.2, 0.25) is 0 Å². The third-order valence-electron chi connectivity index (χ3n) is 14.1. The fourth-order valence-corrected chi connectivity index (χ4v) is 11.5. The Balaban J connectivity index is 0.714. The summed E-state index contributed by atoms with van der Waals surface area (Å²) in [6.07, 6.45) is 5.67. The third kappa shape index (κ3) is 14.3. The molecule has 0 atom stereocenters. The molecule has 84 heavy (non-hydrogen) atoms. The second-order valence-electron chi connectivity index (χ2n) is 19.8. The van der Waals surface area contributed by atoms with Crippen LogP contribution in [0.25, 0.3) is 30.4 Å². The minimum atomic E-state index is -0.687. The van der Waals surface area contributed by atoms with E-state index in [0.29, 0.717) is 88.7 Å². The van der Waals surface area contributed by atoms with Crippen LogP contribution in [0, 0.1) is 23.7 Å². The van der Waals surface area contributed by atoms with Crippen LogP contribution in [0.3, 0.4) is 0 Å². The van der Waals surface area contributed by atoms with E-state index < -0.39 is 41.7 Å². The molecular weight excluding hydrogens is 1120 g/mol. The summed E-state index contributed by atoms with van der Waals surface area (Å²) in [5.74, 6) is -4.24. The lowest BCUT2D eigenvalue weighted by atomic mass is 9.82. The number of carbonyl (C=O) groups excluding carboxylic acids is 8. The molecule has 20 heteroatoms. The maximum absolute atomic E-state index is 13.7. The standard InChI is InChI=1S/C64H52N2O16S2/c1-3-53(67)77-45-25-29-47(30-26-45)79-61(71)43-21-17-39(18-22-43)59(69)75-35-37-9-13-41(14-10-37)63(73)81-50-33-34-51(56-55(50)66-58(84-56)57-65-49-7-5-6-8-52(49)83-57)82-64(74)42-15-11-38(12-16-42)36-76-60(70)40-19-23-44(24-20-40)62(72)80-48-31-27-46(28-32-48)78-54(68)4-2/h3-16,25-34,39-40,43-44H,1-2,17-24,35-36H2. The van der Waals surface area contributed by atoms with Gasteiger partial charge >= 0.3 is 47.8 Å². The number of carbonyl (C=O) groups is 8. The first-order valence-corrected chi connectivity index (χ1v) is 28.5. The van der Waals surface area contributed by atoms with E-state index >= 15 is 0 Å². The highest BCUT2D eigenvalue weighted by molar-refractivity contribution is 7.28. The highest BCUT2D eigenvalue weighted by Crippen LogP contribution is 2.43. The van der Waals surface area contributed by atoms with Gasteiger partial charge in [-0.1, -0.05) is 49.6 Å². The zero-order valence-corrected chi connectivity index (χ0v) is 46.5. The lowest BCUT2D eigenvalue weighted by Gasteiger charge is -2.25. The van der Waals surface area contributed by atoms with Crippen LogP contribution >= 0.6 is 22.7 Å². The van der Waals surface area contributed by atoms with Gasteiger partial charge in [-0.25, -0.2) is 29.1 Å². The van der Waals surface area contributed by atoms with Crippen molar-refractivity contribution in [2.45, 2.75) is 64.6 Å². The topological polar surface area (TPSA) is 236 Å². The summed E-state index contributed by atoms with van der Waals surface area (Å²) >= 11 is 2.66. The third-order valence-corrected chi connectivity index (χ3v) is 16.4. The van der Waals surface area contributed by atoms with Gasteiger partial charge in [0.05, 0.1) is 45.0 Å².